The number of aromatic nitrogens is 1. The summed E-state index contributed by atoms with van der Waals surface area (Å²) < 4.78 is 0. The first-order valence-electron chi connectivity index (χ1n) is 5.77. The Labute approximate surface area is 102 Å². The lowest BCUT2D eigenvalue weighted by Gasteiger charge is -2.05. The summed E-state index contributed by atoms with van der Waals surface area (Å²) in [4.78, 5) is 8.91. The van der Waals surface area contributed by atoms with Gasteiger partial charge >= 0.3 is 0 Å². The van der Waals surface area contributed by atoms with Crippen molar-refractivity contribution < 1.29 is 0 Å². The summed E-state index contributed by atoms with van der Waals surface area (Å²) in [6.07, 6.45) is 1.84. The minimum atomic E-state index is 0.165. The second kappa shape index (κ2) is 5.39. The summed E-state index contributed by atoms with van der Waals surface area (Å²) in [5.74, 6) is 0. The molecule has 0 amide bonds. The summed E-state index contributed by atoms with van der Waals surface area (Å²) in [5.41, 5.74) is 3.14. The van der Waals surface area contributed by atoms with Crippen LogP contribution in [-0.2, 0) is 0 Å². The number of hydrogen-bond acceptors (Lipinski definition) is 2. The molecule has 17 heavy (non-hydrogen) atoms. The van der Waals surface area contributed by atoms with Crippen LogP contribution in [0.4, 0.5) is 0 Å². The van der Waals surface area contributed by atoms with Gasteiger partial charge in [-0.2, -0.15) is 0 Å². The van der Waals surface area contributed by atoms with Crippen LogP contribution in [0.25, 0.3) is 0 Å². The topological polar surface area (TPSA) is 25.2 Å². The second-order valence-electron chi connectivity index (χ2n) is 4.07. The number of hydrogen-bond donors (Lipinski definition) is 0. The highest BCUT2D eigenvalue weighted by Crippen LogP contribution is 2.15. The SMILES string of the molecule is Cc1cccc(/C=N/C(C)c2ccccc2)n1. The number of rotatable bonds is 3. The molecule has 2 aromatic rings. The van der Waals surface area contributed by atoms with Gasteiger partial charge < -0.3 is 0 Å². The molecule has 2 rings (SSSR count). The number of benzene rings is 1. The van der Waals surface area contributed by atoms with E-state index in [1.165, 1.54) is 5.56 Å². The van der Waals surface area contributed by atoms with Crippen molar-refractivity contribution in [3.8, 4) is 0 Å². The minimum Gasteiger partial charge on any atom is -0.283 e. The van der Waals surface area contributed by atoms with Gasteiger partial charge in [-0.3, -0.25) is 9.98 Å². The smallest absolute Gasteiger partial charge is 0.0811 e. The number of pyridine rings is 1. The summed E-state index contributed by atoms with van der Waals surface area (Å²) in [6.45, 7) is 4.07. The third-order valence-corrected chi connectivity index (χ3v) is 2.62. The lowest BCUT2D eigenvalue weighted by atomic mass is 10.1. The molecule has 1 aromatic carbocycles. The lowest BCUT2D eigenvalue weighted by Crippen LogP contribution is -1.93. The molecule has 2 heteroatoms. The molecule has 1 aromatic heterocycles. The van der Waals surface area contributed by atoms with Gasteiger partial charge in [0, 0.05) is 11.9 Å². The van der Waals surface area contributed by atoms with E-state index in [4.69, 9.17) is 0 Å². The van der Waals surface area contributed by atoms with Crippen molar-refractivity contribution in [3.05, 3.63) is 65.5 Å². The molecule has 0 bridgehead atoms. The zero-order valence-corrected chi connectivity index (χ0v) is 10.2. The third kappa shape index (κ3) is 3.25. The van der Waals surface area contributed by atoms with Crippen molar-refractivity contribution in [2.45, 2.75) is 19.9 Å². The summed E-state index contributed by atoms with van der Waals surface area (Å²) in [5, 5.41) is 0. The first-order valence-corrected chi connectivity index (χ1v) is 5.77. The van der Waals surface area contributed by atoms with Gasteiger partial charge in [-0.05, 0) is 31.5 Å². The largest absolute Gasteiger partial charge is 0.283 e. The van der Waals surface area contributed by atoms with Crippen LogP contribution in [-0.4, -0.2) is 11.2 Å². The Morgan fingerprint density at radius 3 is 2.53 bits per heavy atom. The van der Waals surface area contributed by atoms with E-state index < -0.39 is 0 Å². The predicted molar refractivity (Wildman–Crippen MR) is 71.4 cm³/mol. The van der Waals surface area contributed by atoms with E-state index in [-0.39, 0.29) is 6.04 Å². The van der Waals surface area contributed by atoms with Gasteiger partial charge in [-0.1, -0.05) is 36.4 Å². The molecule has 2 nitrogen and oxygen atoms in total. The molecule has 0 saturated heterocycles. The molecule has 0 N–H and O–H groups in total. The van der Waals surface area contributed by atoms with Crippen molar-refractivity contribution in [1.29, 1.82) is 0 Å². The van der Waals surface area contributed by atoms with Gasteiger partial charge in [-0.25, -0.2) is 0 Å². The molecule has 1 atom stereocenters. The number of aryl methyl sites for hydroxylation is 1. The van der Waals surface area contributed by atoms with Crippen LogP contribution >= 0.6 is 0 Å². The van der Waals surface area contributed by atoms with Gasteiger partial charge in [0.25, 0.3) is 0 Å². The van der Waals surface area contributed by atoms with Gasteiger partial charge in [0.1, 0.15) is 0 Å². The van der Waals surface area contributed by atoms with Gasteiger partial charge in [0.2, 0.25) is 0 Å². The molecule has 1 heterocycles. The first kappa shape index (κ1) is 11.5. The van der Waals surface area contributed by atoms with Crippen molar-refractivity contribution in [3.63, 3.8) is 0 Å². The highest BCUT2D eigenvalue weighted by atomic mass is 14.8. The van der Waals surface area contributed by atoms with E-state index in [0.29, 0.717) is 0 Å². The Morgan fingerprint density at radius 2 is 1.82 bits per heavy atom. The first-order chi connectivity index (χ1) is 8.25. The van der Waals surface area contributed by atoms with E-state index in [2.05, 4.69) is 29.0 Å². The highest BCUT2D eigenvalue weighted by Gasteiger charge is 2.00. The fourth-order valence-electron chi connectivity index (χ4n) is 1.64. The van der Waals surface area contributed by atoms with Crippen molar-refractivity contribution in [1.82, 2.24) is 4.98 Å². The van der Waals surface area contributed by atoms with E-state index in [1.54, 1.807) is 0 Å². The van der Waals surface area contributed by atoms with Crippen molar-refractivity contribution >= 4 is 6.21 Å². The maximum atomic E-state index is 4.52. The quantitative estimate of drug-likeness (QED) is 0.732. The maximum Gasteiger partial charge on any atom is 0.0811 e. The maximum absolute atomic E-state index is 4.52. The molecule has 0 spiro atoms. The zero-order chi connectivity index (χ0) is 12.1. The van der Waals surface area contributed by atoms with E-state index in [1.807, 2.05) is 49.5 Å². The van der Waals surface area contributed by atoms with Gasteiger partial charge in [0.15, 0.2) is 0 Å². The van der Waals surface area contributed by atoms with Crippen LogP contribution in [0, 0.1) is 6.92 Å². The number of aliphatic imine (C=N–C) groups is 1. The van der Waals surface area contributed by atoms with Crippen molar-refractivity contribution in [2.24, 2.45) is 4.99 Å². The van der Waals surface area contributed by atoms with Crippen LogP contribution in [0.1, 0.15) is 29.9 Å². The fourth-order valence-corrected chi connectivity index (χ4v) is 1.64. The van der Waals surface area contributed by atoms with Gasteiger partial charge in [0.05, 0.1) is 11.7 Å². The van der Waals surface area contributed by atoms with E-state index in [9.17, 15) is 0 Å². The average Bonchev–Trinajstić information content (AvgIpc) is 2.37. The number of nitrogens with zero attached hydrogens (tertiary/aromatic N) is 2. The molecule has 0 fully saturated rings. The third-order valence-electron chi connectivity index (χ3n) is 2.62. The highest BCUT2D eigenvalue weighted by molar-refractivity contribution is 5.77. The average molecular weight is 224 g/mol. The Bertz CT molecular complexity index is 503. The Kier molecular flexibility index (Phi) is 3.66. The van der Waals surface area contributed by atoms with E-state index in [0.717, 1.165) is 11.4 Å². The Balaban J connectivity index is 2.11. The molecular formula is C15H16N2. The van der Waals surface area contributed by atoms with E-state index >= 15 is 0 Å². The Hall–Kier alpha value is -1.96. The van der Waals surface area contributed by atoms with Gasteiger partial charge in [-0.15, -0.1) is 0 Å². The van der Waals surface area contributed by atoms with Crippen molar-refractivity contribution in [2.75, 3.05) is 0 Å². The van der Waals surface area contributed by atoms with Crippen LogP contribution in [0.2, 0.25) is 0 Å². The summed E-state index contributed by atoms with van der Waals surface area (Å²) >= 11 is 0. The zero-order valence-electron chi connectivity index (χ0n) is 10.2. The normalized spacial score (nSPS) is 12.8. The van der Waals surface area contributed by atoms with Crippen LogP contribution < -0.4 is 0 Å². The van der Waals surface area contributed by atoms with Crippen LogP contribution in [0.3, 0.4) is 0 Å². The van der Waals surface area contributed by atoms with Crippen LogP contribution in [0.15, 0.2) is 53.5 Å². The molecule has 0 aliphatic carbocycles. The predicted octanol–water partition coefficient (Wildman–Crippen LogP) is 3.57. The molecular weight excluding hydrogens is 208 g/mol. The summed E-state index contributed by atoms with van der Waals surface area (Å²) in [6, 6.07) is 16.4. The molecule has 0 aliphatic rings. The molecule has 0 saturated carbocycles. The molecule has 0 radical (unpaired) electrons. The Morgan fingerprint density at radius 1 is 1.06 bits per heavy atom. The standard InChI is InChI=1S/C15H16N2/c1-12-7-6-10-15(17-12)11-16-13(2)14-8-4-3-5-9-14/h3-11,13H,1-2H3/b16-11+. The monoisotopic (exact) mass is 224 g/mol. The van der Waals surface area contributed by atoms with Crippen LogP contribution in [0.5, 0.6) is 0 Å². The summed E-state index contributed by atoms with van der Waals surface area (Å²) in [7, 11) is 0. The lowest BCUT2D eigenvalue weighted by molar-refractivity contribution is 0.824. The molecule has 1 unspecified atom stereocenters. The molecule has 86 valence electrons. The second-order valence-corrected chi connectivity index (χ2v) is 4.07. The minimum absolute atomic E-state index is 0.165. The fraction of sp³-hybridized carbons (Fsp3) is 0.200. The molecule has 0 aliphatic heterocycles.